The number of hydrogen-bond donors (Lipinski definition) is 1. The molecule has 1 fully saturated rings. The lowest BCUT2D eigenvalue weighted by atomic mass is 10.2. The molecule has 2 aromatic carbocycles. The Balaban J connectivity index is 1.68. The van der Waals surface area contributed by atoms with Crippen molar-refractivity contribution < 1.29 is 9.47 Å². The van der Waals surface area contributed by atoms with Crippen molar-refractivity contribution in [1.82, 2.24) is 4.90 Å². The standard InChI is InChI=1S/C21H25ClN2O2S/c1-2-25-19-11-5-16(6-12-19)14-24(15-20-4-3-13-26-20)21(27)23-18-9-7-17(22)8-10-18/h5-12,20H,2-4,13-15H2,1H3,(H,23,27). The minimum atomic E-state index is 0.220. The van der Waals surface area contributed by atoms with Crippen LogP contribution in [-0.4, -0.2) is 35.9 Å². The van der Waals surface area contributed by atoms with Gasteiger partial charge < -0.3 is 19.7 Å². The Kier molecular flexibility index (Phi) is 7.33. The highest BCUT2D eigenvalue weighted by atomic mass is 35.5. The fourth-order valence-corrected chi connectivity index (χ4v) is 3.45. The highest BCUT2D eigenvalue weighted by Crippen LogP contribution is 2.19. The van der Waals surface area contributed by atoms with Crippen molar-refractivity contribution >= 4 is 34.6 Å². The Labute approximate surface area is 171 Å². The van der Waals surface area contributed by atoms with Gasteiger partial charge in [0.05, 0.1) is 12.7 Å². The van der Waals surface area contributed by atoms with Crippen molar-refractivity contribution in [3.63, 3.8) is 0 Å². The average molecular weight is 405 g/mol. The maximum atomic E-state index is 5.97. The van der Waals surface area contributed by atoms with E-state index in [1.165, 1.54) is 5.56 Å². The molecule has 2 aromatic rings. The fraction of sp³-hybridized carbons (Fsp3) is 0.381. The zero-order valence-electron chi connectivity index (χ0n) is 15.5. The van der Waals surface area contributed by atoms with Crippen LogP contribution in [0.1, 0.15) is 25.3 Å². The highest BCUT2D eigenvalue weighted by molar-refractivity contribution is 7.80. The number of nitrogens with one attached hydrogen (secondary N) is 1. The van der Waals surface area contributed by atoms with Crippen LogP contribution in [0, 0.1) is 0 Å². The Morgan fingerprint density at radius 2 is 1.96 bits per heavy atom. The van der Waals surface area contributed by atoms with Gasteiger partial charge in [-0.3, -0.25) is 0 Å². The Morgan fingerprint density at radius 3 is 2.59 bits per heavy atom. The van der Waals surface area contributed by atoms with Crippen molar-refractivity contribution in [2.24, 2.45) is 0 Å². The van der Waals surface area contributed by atoms with Crippen LogP contribution in [0.2, 0.25) is 5.02 Å². The lowest BCUT2D eigenvalue weighted by Gasteiger charge is -2.28. The largest absolute Gasteiger partial charge is 0.494 e. The summed E-state index contributed by atoms with van der Waals surface area (Å²) in [5.41, 5.74) is 2.10. The first kappa shape index (κ1) is 19.9. The molecule has 1 atom stereocenters. The van der Waals surface area contributed by atoms with Crippen molar-refractivity contribution in [2.75, 3.05) is 25.1 Å². The molecule has 144 valence electrons. The quantitative estimate of drug-likeness (QED) is 0.648. The van der Waals surface area contributed by atoms with E-state index in [0.717, 1.165) is 37.4 Å². The minimum Gasteiger partial charge on any atom is -0.494 e. The molecular weight excluding hydrogens is 380 g/mol. The molecule has 1 aliphatic rings. The monoisotopic (exact) mass is 404 g/mol. The molecule has 1 saturated heterocycles. The van der Waals surface area contributed by atoms with E-state index in [-0.39, 0.29) is 6.10 Å². The predicted octanol–water partition coefficient (Wildman–Crippen LogP) is 5.12. The molecule has 1 N–H and O–H groups in total. The Bertz CT molecular complexity index is 731. The summed E-state index contributed by atoms with van der Waals surface area (Å²) in [5, 5.41) is 4.70. The van der Waals surface area contributed by atoms with Gasteiger partial charge in [0.2, 0.25) is 0 Å². The molecule has 1 aliphatic heterocycles. The van der Waals surface area contributed by atoms with E-state index in [1.807, 2.05) is 43.3 Å². The van der Waals surface area contributed by atoms with Crippen LogP contribution < -0.4 is 10.1 Å². The molecule has 3 rings (SSSR count). The first-order valence-electron chi connectivity index (χ1n) is 9.29. The topological polar surface area (TPSA) is 33.7 Å². The lowest BCUT2D eigenvalue weighted by molar-refractivity contribution is 0.0905. The van der Waals surface area contributed by atoms with Gasteiger partial charge in [-0.25, -0.2) is 0 Å². The number of rotatable bonds is 7. The second-order valence-electron chi connectivity index (χ2n) is 6.53. The molecule has 0 aromatic heterocycles. The highest BCUT2D eigenvalue weighted by Gasteiger charge is 2.21. The van der Waals surface area contributed by atoms with E-state index in [9.17, 15) is 0 Å². The van der Waals surface area contributed by atoms with E-state index in [2.05, 4.69) is 22.3 Å². The zero-order valence-corrected chi connectivity index (χ0v) is 17.1. The fourth-order valence-electron chi connectivity index (χ4n) is 3.07. The number of thiocarbonyl (C=S) groups is 1. The molecule has 0 amide bonds. The summed E-state index contributed by atoms with van der Waals surface area (Å²) < 4.78 is 11.3. The minimum absolute atomic E-state index is 0.220. The maximum absolute atomic E-state index is 5.97. The summed E-state index contributed by atoms with van der Waals surface area (Å²) in [6.07, 6.45) is 2.40. The molecule has 0 radical (unpaired) electrons. The SMILES string of the molecule is CCOc1ccc(CN(CC2CCCO2)C(=S)Nc2ccc(Cl)cc2)cc1. The van der Waals surface area contributed by atoms with Gasteiger partial charge in [-0.15, -0.1) is 0 Å². The van der Waals surface area contributed by atoms with Crippen LogP contribution >= 0.6 is 23.8 Å². The van der Waals surface area contributed by atoms with E-state index in [0.29, 0.717) is 23.3 Å². The van der Waals surface area contributed by atoms with E-state index in [1.54, 1.807) is 0 Å². The van der Waals surface area contributed by atoms with Gasteiger partial charge in [-0.05, 0) is 73.9 Å². The first-order chi connectivity index (χ1) is 13.1. The Hall–Kier alpha value is -1.82. The maximum Gasteiger partial charge on any atom is 0.173 e. The number of nitrogens with zero attached hydrogens (tertiary/aromatic N) is 1. The third-order valence-electron chi connectivity index (χ3n) is 4.44. The average Bonchev–Trinajstić information content (AvgIpc) is 3.18. The van der Waals surface area contributed by atoms with Gasteiger partial charge in [-0.1, -0.05) is 23.7 Å². The molecule has 0 bridgehead atoms. The molecule has 0 saturated carbocycles. The third kappa shape index (κ3) is 6.09. The second-order valence-corrected chi connectivity index (χ2v) is 7.35. The molecule has 4 nitrogen and oxygen atoms in total. The number of benzene rings is 2. The molecule has 0 aliphatic carbocycles. The van der Waals surface area contributed by atoms with Gasteiger partial charge >= 0.3 is 0 Å². The van der Waals surface area contributed by atoms with Crippen molar-refractivity contribution in [3.8, 4) is 5.75 Å². The van der Waals surface area contributed by atoms with Crippen LogP contribution in [0.3, 0.4) is 0 Å². The van der Waals surface area contributed by atoms with Crippen LogP contribution in [0.4, 0.5) is 5.69 Å². The number of halogens is 1. The van der Waals surface area contributed by atoms with Crippen molar-refractivity contribution in [1.29, 1.82) is 0 Å². The van der Waals surface area contributed by atoms with Gasteiger partial charge in [0, 0.05) is 30.4 Å². The van der Waals surface area contributed by atoms with Crippen LogP contribution in [-0.2, 0) is 11.3 Å². The van der Waals surface area contributed by atoms with E-state index in [4.69, 9.17) is 33.3 Å². The molecular formula is C21H25ClN2O2S. The van der Waals surface area contributed by atoms with Crippen LogP contribution in [0.25, 0.3) is 0 Å². The van der Waals surface area contributed by atoms with Crippen molar-refractivity contribution in [2.45, 2.75) is 32.4 Å². The van der Waals surface area contributed by atoms with Gasteiger partial charge in [0.1, 0.15) is 5.75 Å². The van der Waals surface area contributed by atoms with Gasteiger partial charge in [-0.2, -0.15) is 0 Å². The Morgan fingerprint density at radius 1 is 1.22 bits per heavy atom. The predicted molar refractivity (Wildman–Crippen MR) is 115 cm³/mol. The second kappa shape index (κ2) is 9.93. The van der Waals surface area contributed by atoms with Crippen LogP contribution in [0.5, 0.6) is 5.75 Å². The number of ether oxygens (including phenoxy) is 2. The summed E-state index contributed by atoms with van der Waals surface area (Å²) in [6.45, 7) is 4.97. The van der Waals surface area contributed by atoms with Crippen LogP contribution in [0.15, 0.2) is 48.5 Å². The summed E-state index contributed by atoms with van der Waals surface area (Å²) >= 11 is 11.7. The summed E-state index contributed by atoms with van der Waals surface area (Å²) in [5.74, 6) is 0.883. The molecule has 27 heavy (non-hydrogen) atoms. The summed E-state index contributed by atoms with van der Waals surface area (Å²) in [6, 6.07) is 15.7. The first-order valence-corrected chi connectivity index (χ1v) is 10.1. The summed E-state index contributed by atoms with van der Waals surface area (Å²) in [4.78, 5) is 2.16. The van der Waals surface area contributed by atoms with Gasteiger partial charge in [0.25, 0.3) is 0 Å². The number of anilines is 1. The normalized spacial score (nSPS) is 16.1. The molecule has 6 heteroatoms. The van der Waals surface area contributed by atoms with Crippen molar-refractivity contribution in [3.05, 3.63) is 59.1 Å². The van der Waals surface area contributed by atoms with Gasteiger partial charge in [0.15, 0.2) is 5.11 Å². The number of hydrogen-bond acceptors (Lipinski definition) is 3. The third-order valence-corrected chi connectivity index (χ3v) is 5.05. The zero-order chi connectivity index (χ0) is 19.1. The lowest BCUT2D eigenvalue weighted by Crippen LogP contribution is -2.39. The van der Waals surface area contributed by atoms with E-state index >= 15 is 0 Å². The van der Waals surface area contributed by atoms with E-state index < -0.39 is 0 Å². The summed E-state index contributed by atoms with van der Waals surface area (Å²) in [7, 11) is 0. The smallest absolute Gasteiger partial charge is 0.173 e. The molecule has 0 spiro atoms. The molecule has 1 unspecified atom stereocenters. The molecule has 1 heterocycles.